The maximum Gasteiger partial charge on any atom is 0.165 e. The van der Waals surface area contributed by atoms with Crippen LogP contribution in [0.4, 0.5) is 21.6 Å². The van der Waals surface area contributed by atoms with Crippen molar-refractivity contribution in [1.29, 1.82) is 0 Å². The molecule has 1 aromatic heterocycles. The zero-order valence-electron chi connectivity index (χ0n) is 15.5. The van der Waals surface area contributed by atoms with Gasteiger partial charge in [-0.1, -0.05) is 35.9 Å². The zero-order valence-corrected chi connectivity index (χ0v) is 16.2. The van der Waals surface area contributed by atoms with Crippen molar-refractivity contribution in [3.8, 4) is 5.75 Å². The summed E-state index contributed by atoms with van der Waals surface area (Å²) in [5.74, 6) is 0.368. The molecule has 0 fully saturated rings. The molecule has 0 amide bonds. The summed E-state index contributed by atoms with van der Waals surface area (Å²) >= 11 is 6.44. The van der Waals surface area contributed by atoms with Gasteiger partial charge in [0.15, 0.2) is 17.4 Å². The summed E-state index contributed by atoms with van der Waals surface area (Å²) in [6.07, 6.45) is 1.75. The Hall–Kier alpha value is -3.12. The fraction of sp³-hybridized carbons (Fsp3) is 0.143. The largest absolute Gasteiger partial charge is 0.494 e. The Kier molecular flexibility index (Phi) is 4.65. The van der Waals surface area contributed by atoms with Crippen molar-refractivity contribution < 1.29 is 9.13 Å². The van der Waals surface area contributed by atoms with Gasteiger partial charge >= 0.3 is 0 Å². The average Bonchev–Trinajstić information content (AvgIpc) is 2.86. The molecule has 0 bridgehead atoms. The zero-order chi connectivity index (χ0) is 19.8. The molecule has 142 valence electrons. The number of ether oxygens (including phenoxy) is 1. The normalized spacial score (nSPS) is 12.4. The second-order valence-corrected chi connectivity index (χ2v) is 6.76. The molecular formula is C21H18ClFN4O. The number of fused-ring (bicyclic) bond motifs is 2. The van der Waals surface area contributed by atoms with E-state index >= 15 is 0 Å². The van der Waals surface area contributed by atoms with Gasteiger partial charge in [0, 0.05) is 22.2 Å². The summed E-state index contributed by atoms with van der Waals surface area (Å²) in [5.41, 5.74) is 3.93. The number of benzene rings is 2. The van der Waals surface area contributed by atoms with Crippen LogP contribution in [0.25, 0.3) is 0 Å². The van der Waals surface area contributed by atoms with Gasteiger partial charge in [0.1, 0.15) is 5.69 Å². The van der Waals surface area contributed by atoms with Crippen LogP contribution < -0.4 is 10.1 Å². The van der Waals surface area contributed by atoms with Crippen molar-refractivity contribution in [3.63, 3.8) is 0 Å². The summed E-state index contributed by atoms with van der Waals surface area (Å²) in [5, 5.41) is 8.42. The minimum absolute atomic E-state index is 0.139. The van der Waals surface area contributed by atoms with E-state index in [1.807, 2.05) is 25.1 Å². The molecule has 4 rings (SSSR count). The molecule has 2 heterocycles. The highest BCUT2D eigenvalue weighted by molar-refractivity contribution is 6.36. The number of aromatic nitrogens is 2. The highest BCUT2D eigenvalue weighted by atomic mass is 35.5. The van der Waals surface area contributed by atoms with Crippen LogP contribution in [0.1, 0.15) is 16.8 Å². The highest BCUT2D eigenvalue weighted by Crippen LogP contribution is 2.40. The summed E-state index contributed by atoms with van der Waals surface area (Å²) in [7, 11) is 1.43. The van der Waals surface area contributed by atoms with Gasteiger partial charge in [0.25, 0.3) is 0 Å². The molecule has 3 aromatic rings. The first-order chi connectivity index (χ1) is 13.5. The summed E-state index contributed by atoms with van der Waals surface area (Å²) in [6.45, 7) is 6.17. The number of hydrogen-bond donors (Lipinski definition) is 1. The van der Waals surface area contributed by atoms with Crippen LogP contribution >= 0.6 is 11.6 Å². The van der Waals surface area contributed by atoms with E-state index in [0.29, 0.717) is 45.6 Å². The van der Waals surface area contributed by atoms with Crippen molar-refractivity contribution in [2.45, 2.75) is 13.5 Å². The molecule has 7 heteroatoms. The smallest absolute Gasteiger partial charge is 0.165 e. The molecule has 0 unspecified atom stereocenters. The lowest BCUT2D eigenvalue weighted by molar-refractivity contribution is 0.387. The Morgan fingerprint density at radius 1 is 1.29 bits per heavy atom. The molecule has 1 aliphatic heterocycles. The number of anilines is 2. The van der Waals surface area contributed by atoms with E-state index in [0.717, 1.165) is 5.69 Å². The maximum atomic E-state index is 14.6. The first kappa shape index (κ1) is 18.3. The lowest BCUT2D eigenvalue weighted by Gasteiger charge is -2.15. The molecule has 0 saturated carbocycles. The number of halogens is 2. The molecule has 5 nitrogen and oxygen atoms in total. The Morgan fingerprint density at radius 2 is 2.07 bits per heavy atom. The van der Waals surface area contributed by atoms with E-state index in [4.69, 9.17) is 21.3 Å². The standard InChI is InChI=1S/C21H18ClFN4O/c1-4-9-27-21-19(12(2)26-27)25-20(13-7-5-6-8-15(13)22)14-10-16(23)18(28-3)11-17(14)24-21/h4-8,10-11,24H,1,9H2,2-3H3. The van der Waals surface area contributed by atoms with Gasteiger partial charge in [-0.15, -0.1) is 6.58 Å². The van der Waals surface area contributed by atoms with E-state index < -0.39 is 5.82 Å². The predicted molar refractivity (Wildman–Crippen MR) is 110 cm³/mol. The quantitative estimate of drug-likeness (QED) is 0.469. The van der Waals surface area contributed by atoms with Gasteiger partial charge in [-0.25, -0.2) is 14.1 Å². The number of methoxy groups -OCH3 is 1. The SMILES string of the molecule is C=CCn1nc(C)c2c1Nc1cc(OC)c(F)cc1C(c1ccccc1Cl)=N2. The molecule has 0 atom stereocenters. The van der Waals surface area contributed by atoms with Crippen molar-refractivity contribution in [1.82, 2.24) is 9.78 Å². The monoisotopic (exact) mass is 396 g/mol. The third-order valence-corrected chi connectivity index (χ3v) is 4.88. The van der Waals surface area contributed by atoms with Crippen molar-refractivity contribution >= 4 is 34.5 Å². The van der Waals surface area contributed by atoms with Gasteiger partial charge < -0.3 is 10.1 Å². The van der Waals surface area contributed by atoms with Gasteiger partial charge in [-0.05, 0) is 19.1 Å². The maximum absolute atomic E-state index is 14.6. The lowest BCUT2D eigenvalue weighted by Crippen LogP contribution is -2.09. The Morgan fingerprint density at radius 3 is 2.79 bits per heavy atom. The van der Waals surface area contributed by atoms with Crippen LogP contribution in [-0.2, 0) is 6.54 Å². The Bertz CT molecular complexity index is 1120. The molecule has 0 saturated heterocycles. The number of allylic oxidation sites excluding steroid dienone is 1. The van der Waals surface area contributed by atoms with E-state index in [9.17, 15) is 4.39 Å². The molecule has 0 aliphatic carbocycles. The van der Waals surface area contributed by atoms with E-state index in [1.165, 1.54) is 13.2 Å². The predicted octanol–water partition coefficient (Wildman–Crippen LogP) is 5.40. The number of aliphatic imine (C=N–C) groups is 1. The van der Waals surface area contributed by atoms with Crippen LogP contribution in [0.15, 0.2) is 54.0 Å². The minimum atomic E-state index is -0.474. The van der Waals surface area contributed by atoms with Crippen LogP contribution in [-0.4, -0.2) is 22.6 Å². The van der Waals surface area contributed by atoms with Gasteiger partial charge in [-0.2, -0.15) is 5.10 Å². The number of nitrogens with zero attached hydrogens (tertiary/aromatic N) is 3. The highest BCUT2D eigenvalue weighted by Gasteiger charge is 2.25. The molecule has 0 spiro atoms. The summed E-state index contributed by atoms with van der Waals surface area (Å²) in [6, 6.07) is 10.4. The molecular weight excluding hydrogens is 379 g/mol. The second-order valence-electron chi connectivity index (χ2n) is 6.35. The third kappa shape index (κ3) is 2.96. The Balaban J connectivity index is 2.04. The molecule has 1 aliphatic rings. The van der Waals surface area contributed by atoms with Gasteiger partial charge in [-0.3, -0.25) is 0 Å². The molecule has 28 heavy (non-hydrogen) atoms. The lowest BCUT2D eigenvalue weighted by atomic mass is 10.00. The van der Waals surface area contributed by atoms with Crippen molar-refractivity contribution in [2.75, 3.05) is 12.4 Å². The van der Waals surface area contributed by atoms with E-state index in [-0.39, 0.29) is 5.75 Å². The van der Waals surface area contributed by atoms with Crippen molar-refractivity contribution in [2.24, 2.45) is 4.99 Å². The van der Waals surface area contributed by atoms with Crippen molar-refractivity contribution in [3.05, 3.63) is 76.7 Å². The topological polar surface area (TPSA) is 51.4 Å². The summed E-state index contributed by atoms with van der Waals surface area (Å²) < 4.78 is 21.5. The Labute approximate surface area is 167 Å². The first-order valence-electron chi connectivity index (χ1n) is 8.70. The number of rotatable bonds is 4. The molecule has 1 N–H and O–H groups in total. The molecule has 2 aromatic carbocycles. The van der Waals surface area contributed by atoms with Gasteiger partial charge in [0.2, 0.25) is 0 Å². The van der Waals surface area contributed by atoms with Gasteiger partial charge in [0.05, 0.1) is 30.7 Å². The van der Waals surface area contributed by atoms with Crippen LogP contribution in [0.2, 0.25) is 5.02 Å². The van der Waals surface area contributed by atoms with Crippen LogP contribution in [0.3, 0.4) is 0 Å². The number of nitrogens with one attached hydrogen (secondary N) is 1. The van der Waals surface area contributed by atoms with Crippen LogP contribution in [0, 0.1) is 12.7 Å². The summed E-state index contributed by atoms with van der Waals surface area (Å²) in [4.78, 5) is 4.86. The first-order valence-corrected chi connectivity index (χ1v) is 9.08. The fourth-order valence-corrected chi connectivity index (χ4v) is 3.48. The minimum Gasteiger partial charge on any atom is -0.494 e. The molecule has 0 radical (unpaired) electrons. The average molecular weight is 397 g/mol. The van der Waals surface area contributed by atoms with E-state index in [2.05, 4.69) is 17.0 Å². The fourth-order valence-electron chi connectivity index (χ4n) is 3.25. The third-order valence-electron chi connectivity index (χ3n) is 4.55. The van der Waals surface area contributed by atoms with E-state index in [1.54, 1.807) is 22.9 Å². The van der Waals surface area contributed by atoms with Crippen LogP contribution in [0.5, 0.6) is 5.75 Å². The number of aryl methyl sites for hydroxylation is 1. The second kappa shape index (κ2) is 7.13. The number of hydrogen-bond acceptors (Lipinski definition) is 4.